The van der Waals surface area contributed by atoms with Crippen molar-refractivity contribution in [2.45, 2.75) is 30.5 Å². The molecule has 9 heteroatoms. The van der Waals surface area contributed by atoms with E-state index in [1.807, 2.05) is 0 Å². The average Bonchev–Trinajstić information content (AvgIpc) is 2.95. The second-order valence-electron chi connectivity index (χ2n) is 4.72. The molecule has 0 aromatic carbocycles. The lowest BCUT2D eigenvalue weighted by atomic mass is 10.1. The monoisotopic (exact) mass is 268 g/mol. The predicted octanol–water partition coefficient (Wildman–Crippen LogP) is -2.34. The van der Waals surface area contributed by atoms with Crippen molar-refractivity contribution in [2.24, 2.45) is 16.5 Å². The molecular formula is C10H16N6O3. The summed E-state index contributed by atoms with van der Waals surface area (Å²) < 4.78 is 5.52. The second-order valence-corrected chi connectivity index (χ2v) is 4.72. The topological polar surface area (TPSA) is 155 Å². The van der Waals surface area contributed by atoms with Crippen molar-refractivity contribution < 1.29 is 14.9 Å². The number of anilines is 1. The maximum Gasteiger partial charge on any atom is 0.212 e. The lowest BCUT2D eigenvalue weighted by Gasteiger charge is -2.34. The zero-order valence-corrected chi connectivity index (χ0v) is 10.1. The number of H-pyrrole nitrogens is 1. The number of aliphatic imine (C=N–C) groups is 1. The third-order valence-electron chi connectivity index (χ3n) is 3.41. The number of aliphatic hydroxyl groups is 2. The van der Waals surface area contributed by atoms with Crippen LogP contribution in [0.25, 0.3) is 0 Å². The third-order valence-corrected chi connectivity index (χ3v) is 3.41. The zero-order chi connectivity index (χ0) is 13.6. The van der Waals surface area contributed by atoms with E-state index in [2.05, 4.69) is 20.3 Å². The van der Waals surface area contributed by atoms with Crippen LogP contribution < -0.4 is 16.8 Å². The molecule has 0 amide bonds. The normalized spacial score (nSPS) is 37.6. The molecule has 0 aliphatic carbocycles. The summed E-state index contributed by atoms with van der Waals surface area (Å²) in [5, 5.41) is 21.8. The van der Waals surface area contributed by atoms with Gasteiger partial charge in [-0.25, -0.2) is 9.98 Å². The highest BCUT2D eigenvalue weighted by Gasteiger charge is 2.47. The van der Waals surface area contributed by atoms with Gasteiger partial charge in [0.25, 0.3) is 0 Å². The van der Waals surface area contributed by atoms with Gasteiger partial charge in [0.05, 0.1) is 19.0 Å². The first-order valence-corrected chi connectivity index (χ1v) is 5.94. The number of fused-ring (bicyclic) bond motifs is 1. The Morgan fingerprint density at radius 2 is 2.37 bits per heavy atom. The Hall–Kier alpha value is -1.68. The van der Waals surface area contributed by atoms with Crippen LogP contribution >= 0.6 is 0 Å². The number of aromatic nitrogens is 2. The van der Waals surface area contributed by atoms with E-state index in [0.717, 1.165) is 0 Å². The van der Waals surface area contributed by atoms with E-state index in [0.29, 0.717) is 11.5 Å². The van der Waals surface area contributed by atoms with Crippen molar-refractivity contribution in [3.8, 4) is 0 Å². The van der Waals surface area contributed by atoms with Gasteiger partial charge in [-0.05, 0) is 0 Å². The highest BCUT2D eigenvalue weighted by Crippen LogP contribution is 2.31. The Morgan fingerprint density at radius 1 is 1.58 bits per heavy atom. The number of hydrogen-bond donors (Lipinski definition) is 6. The highest BCUT2D eigenvalue weighted by molar-refractivity contribution is 6.01. The van der Waals surface area contributed by atoms with Gasteiger partial charge in [-0.2, -0.15) is 0 Å². The van der Waals surface area contributed by atoms with Crippen molar-refractivity contribution in [3.63, 3.8) is 0 Å². The Kier molecular flexibility index (Phi) is 2.71. The lowest BCUT2D eigenvalue weighted by Crippen LogP contribution is -2.58. The van der Waals surface area contributed by atoms with E-state index in [4.69, 9.17) is 21.3 Å². The summed E-state index contributed by atoms with van der Waals surface area (Å²) in [6, 6.07) is 0. The van der Waals surface area contributed by atoms with Gasteiger partial charge in [0, 0.05) is 6.42 Å². The molecule has 0 radical (unpaired) electrons. The fraction of sp³-hybridized carbons (Fsp3) is 0.600. The molecule has 2 unspecified atom stereocenters. The van der Waals surface area contributed by atoms with Crippen molar-refractivity contribution in [3.05, 3.63) is 12.0 Å². The molecule has 1 saturated heterocycles. The molecule has 104 valence electrons. The lowest BCUT2D eigenvalue weighted by molar-refractivity contribution is -0.0388. The molecule has 1 aromatic rings. The van der Waals surface area contributed by atoms with Crippen molar-refractivity contribution in [1.82, 2.24) is 9.97 Å². The highest BCUT2D eigenvalue weighted by atomic mass is 16.5. The van der Waals surface area contributed by atoms with Crippen LogP contribution in [-0.4, -0.2) is 56.7 Å². The number of nitrogens with one attached hydrogen (secondary N) is 2. The number of ether oxygens (including phenoxy) is 1. The van der Waals surface area contributed by atoms with Gasteiger partial charge in [-0.1, -0.05) is 0 Å². The van der Waals surface area contributed by atoms with E-state index >= 15 is 0 Å². The van der Waals surface area contributed by atoms with Crippen LogP contribution in [0.1, 0.15) is 12.1 Å². The molecule has 0 bridgehead atoms. The van der Waals surface area contributed by atoms with E-state index in [1.165, 1.54) is 6.33 Å². The average molecular weight is 268 g/mol. The number of imidazole rings is 1. The summed E-state index contributed by atoms with van der Waals surface area (Å²) >= 11 is 0. The fourth-order valence-electron chi connectivity index (χ4n) is 2.39. The molecule has 4 atom stereocenters. The van der Waals surface area contributed by atoms with Crippen LogP contribution in [0.4, 0.5) is 5.82 Å². The predicted molar refractivity (Wildman–Crippen MR) is 66.2 cm³/mol. The first-order chi connectivity index (χ1) is 9.03. The van der Waals surface area contributed by atoms with Crippen LogP contribution in [0.3, 0.4) is 0 Å². The number of nitrogens with zero attached hydrogens (tertiary/aromatic N) is 2. The maximum absolute atomic E-state index is 9.76. The SMILES string of the molecule is NC1=NC(N)(C2C[C@H](O)[C@@H](CO)O2)Nc2nc[nH]c21. The van der Waals surface area contributed by atoms with Crippen LogP contribution in [0.2, 0.25) is 0 Å². The number of amidine groups is 1. The molecule has 19 heavy (non-hydrogen) atoms. The summed E-state index contributed by atoms with van der Waals surface area (Å²) in [5.41, 5.74) is 12.6. The first kappa shape index (κ1) is 12.4. The minimum Gasteiger partial charge on any atom is -0.394 e. The summed E-state index contributed by atoms with van der Waals surface area (Å²) in [7, 11) is 0. The van der Waals surface area contributed by atoms with Crippen molar-refractivity contribution in [2.75, 3.05) is 11.9 Å². The molecule has 0 spiro atoms. The number of nitrogens with two attached hydrogens (primary N) is 2. The van der Waals surface area contributed by atoms with Crippen molar-refractivity contribution >= 4 is 11.7 Å². The van der Waals surface area contributed by atoms with E-state index in [-0.39, 0.29) is 18.9 Å². The van der Waals surface area contributed by atoms with Crippen LogP contribution in [0, 0.1) is 0 Å². The van der Waals surface area contributed by atoms with Gasteiger partial charge in [0.1, 0.15) is 23.7 Å². The molecule has 3 heterocycles. The van der Waals surface area contributed by atoms with E-state index in [9.17, 15) is 5.11 Å². The van der Waals surface area contributed by atoms with E-state index < -0.39 is 24.1 Å². The molecule has 0 saturated carbocycles. The Morgan fingerprint density at radius 3 is 3.05 bits per heavy atom. The number of hydrogen-bond acceptors (Lipinski definition) is 8. The van der Waals surface area contributed by atoms with Crippen LogP contribution in [-0.2, 0) is 4.74 Å². The van der Waals surface area contributed by atoms with Gasteiger partial charge in [0.15, 0.2) is 5.82 Å². The Bertz CT molecular complexity index is 517. The number of rotatable bonds is 2. The molecule has 3 rings (SSSR count). The Balaban J connectivity index is 1.88. The molecule has 1 aromatic heterocycles. The third kappa shape index (κ3) is 1.87. The molecule has 8 N–H and O–H groups in total. The zero-order valence-electron chi connectivity index (χ0n) is 10.1. The number of aromatic amines is 1. The minimum absolute atomic E-state index is 0.222. The van der Waals surface area contributed by atoms with Gasteiger partial charge in [-0.15, -0.1) is 0 Å². The quantitative estimate of drug-likeness (QED) is 0.351. The molecular weight excluding hydrogens is 252 g/mol. The summed E-state index contributed by atoms with van der Waals surface area (Å²) in [4.78, 5) is 11.1. The minimum atomic E-state index is -1.31. The second kappa shape index (κ2) is 4.17. The van der Waals surface area contributed by atoms with Gasteiger partial charge in [0.2, 0.25) is 5.79 Å². The maximum atomic E-state index is 9.76. The largest absolute Gasteiger partial charge is 0.394 e. The number of aliphatic hydroxyl groups excluding tert-OH is 2. The van der Waals surface area contributed by atoms with Crippen molar-refractivity contribution in [1.29, 1.82) is 0 Å². The molecule has 1 fully saturated rings. The summed E-state index contributed by atoms with van der Waals surface area (Å²) in [6.07, 6.45) is -0.320. The smallest absolute Gasteiger partial charge is 0.212 e. The first-order valence-electron chi connectivity index (χ1n) is 5.94. The van der Waals surface area contributed by atoms with Gasteiger partial charge >= 0.3 is 0 Å². The van der Waals surface area contributed by atoms with E-state index in [1.54, 1.807) is 0 Å². The fourth-order valence-corrected chi connectivity index (χ4v) is 2.39. The Labute approximate surface area is 108 Å². The van der Waals surface area contributed by atoms with Gasteiger partial charge in [-0.3, -0.25) is 5.73 Å². The van der Waals surface area contributed by atoms with Crippen LogP contribution in [0.15, 0.2) is 11.3 Å². The summed E-state index contributed by atoms with van der Waals surface area (Å²) in [5.74, 6) is -0.600. The van der Waals surface area contributed by atoms with Gasteiger partial charge < -0.3 is 31.0 Å². The molecule has 2 aliphatic heterocycles. The van der Waals surface area contributed by atoms with Crippen LogP contribution in [0.5, 0.6) is 0 Å². The molecule has 9 nitrogen and oxygen atoms in total. The standard InChI is InChI=1S/C10H16N6O3/c11-8-7-9(14-3-13-7)16-10(12,15-8)6-1-4(18)5(2-17)19-6/h3-6,16-18H,1-2,12H2,(H2,11,15)(H,13,14)/t4-,5+,6?,10?/m0/s1. The molecule has 2 aliphatic rings. The summed E-state index contributed by atoms with van der Waals surface area (Å²) in [6.45, 7) is -0.277.